The summed E-state index contributed by atoms with van der Waals surface area (Å²) in [5, 5.41) is 4.09. The summed E-state index contributed by atoms with van der Waals surface area (Å²) in [7, 11) is 1.71. The number of aromatic nitrogens is 1. The SMILES string of the molecule is Cn1c(=O)cc2c3c(c(Nc4ccc(CC(N)=O)cc4)ccc31)C(=O)c1ccccc1-2. The van der Waals surface area contributed by atoms with Crippen LogP contribution in [-0.4, -0.2) is 16.3 Å². The number of primary amides is 1. The lowest BCUT2D eigenvalue weighted by Gasteiger charge is -2.23. The fourth-order valence-corrected chi connectivity index (χ4v) is 4.22. The Morgan fingerprint density at radius 3 is 2.35 bits per heavy atom. The number of nitrogens with one attached hydrogen (secondary N) is 1. The van der Waals surface area contributed by atoms with Crippen molar-refractivity contribution in [1.82, 2.24) is 4.57 Å². The fraction of sp³-hybridized carbons (Fsp3) is 0.0800. The number of amides is 1. The number of pyridine rings is 1. The number of rotatable bonds is 4. The van der Waals surface area contributed by atoms with Crippen molar-refractivity contribution >= 4 is 34.0 Å². The Kier molecular flexibility index (Phi) is 4.22. The first kappa shape index (κ1) is 18.8. The third-order valence-corrected chi connectivity index (χ3v) is 5.71. The molecule has 0 atom stereocenters. The summed E-state index contributed by atoms with van der Waals surface area (Å²) < 4.78 is 1.56. The van der Waals surface area contributed by atoms with E-state index in [1.165, 1.54) is 0 Å². The summed E-state index contributed by atoms with van der Waals surface area (Å²) in [6.45, 7) is 0. The van der Waals surface area contributed by atoms with Gasteiger partial charge in [0.05, 0.1) is 23.2 Å². The van der Waals surface area contributed by atoms with Gasteiger partial charge < -0.3 is 15.6 Å². The van der Waals surface area contributed by atoms with Crippen LogP contribution in [0.4, 0.5) is 11.4 Å². The second kappa shape index (κ2) is 6.95. The number of carbonyl (C=O) groups is 2. The number of hydrogen-bond donors (Lipinski definition) is 2. The minimum atomic E-state index is -0.387. The van der Waals surface area contributed by atoms with Crippen LogP contribution in [-0.2, 0) is 18.3 Å². The smallest absolute Gasteiger partial charge is 0.251 e. The van der Waals surface area contributed by atoms with Gasteiger partial charge in [-0.25, -0.2) is 0 Å². The highest BCUT2D eigenvalue weighted by Gasteiger charge is 2.28. The first-order valence-corrected chi connectivity index (χ1v) is 9.89. The lowest BCUT2D eigenvalue weighted by atomic mass is 9.83. The average Bonchev–Trinajstić information content (AvgIpc) is 2.76. The Balaban J connectivity index is 1.70. The van der Waals surface area contributed by atoms with Gasteiger partial charge in [0.2, 0.25) is 5.91 Å². The van der Waals surface area contributed by atoms with E-state index in [1.807, 2.05) is 54.6 Å². The average molecular weight is 409 g/mol. The van der Waals surface area contributed by atoms with Crippen LogP contribution >= 0.6 is 0 Å². The molecule has 0 fully saturated rings. The highest BCUT2D eigenvalue weighted by Crippen LogP contribution is 2.41. The highest BCUT2D eigenvalue weighted by atomic mass is 16.1. The van der Waals surface area contributed by atoms with Crippen molar-refractivity contribution in [2.75, 3.05) is 5.32 Å². The molecule has 1 amide bonds. The van der Waals surface area contributed by atoms with Crippen molar-refractivity contribution in [3.05, 3.63) is 93.8 Å². The quantitative estimate of drug-likeness (QED) is 0.475. The topological polar surface area (TPSA) is 94.2 Å². The maximum absolute atomic E-state index is 13.5. The number of carbonyl (C=O) groups excluding carboxylic acids is 2. The van der Waals surface area contributed by atoms with Crippen LogP contribution in [0.25, 0.3) is 22.0 Å². The van der Waals surface area contributed by atoms with E-state index in [9.17, 15) is 14.4 Å². The van der Waals surface area contributed by atoms with Crippen LogP contribution < -0.4 is 16.6 Å². The minimum absolute atomic E-state index is 0.0832. The predicted molar refractivity (Wildman–Crippen MR) is 121 cm³/mol. The molecule has 0 unspecified atom stereocenters. The second-order valence-electron chi connectivity index (χ2n) is 7.68. The van der Waals surface area contributed by atoms with E-state index < -0.39 is 0 Å². The summed E-state index contributed by atoms with van der Waals surface area (Å²) in [5.41, 5.74) is 10.8. The van der Waals surface area contributed by atoms with Gasteiger partial charge in [-0.3, -0.25) is 14.4 Å². The minimum Gasteiger partial charge on any atom is -0.369 e. The Hall–Kier alpha value is -4.19. The molecule has 3 N–H and O–H groups in total. The Labute approximate surface area is 177 Å². The van der Waals surface area contributed by atoms with Gasteiger partial charge in [-0.15, -0.1) is 0 Å². The number of nitrogens with zero attached hydrogens (tertiary/aromatic N) is 1. The molecule has 1 heterocycles. The molecular formula is C25H19N3O3. The van der Waals surface area contributed by atoms with Gasteiger partial charge in [-0.2, -0.15) is 0 Å². The molecule has 1 aliphatic rings. The van der Waals surface area contributed by atoms with Crippen molar-refractivity contribution in [3.8, 4) is 11.1 Å². The molecule has 0 spiro atoms. The van der Waals surface area contributed by atoms with Crippen molar-refractivity contribution in [1.29, 1.82) is 0 Å². The maximum atomic E-state index is 13.5. The van der Waals surface area contributed by atoms with Crippen molar-refractivity contribution in [2.45, 2.75) is 6.42 Å². The van der Waals surface area contributed by atoms with Crippen molar-refractivity contribution < 1.29 is 9.59 Å². The van der Waals surface area contributed by atoms with E-state index >= 15 is 0 Å². The van der Waals surface area contributed by atoms with Crippen LogP contribution in [0.5, 0.6) is 0 Å². The molecule has 0 bridgehead atoms. The van der Waals surface area contributed by atoms with Gasteiger partial charge in [-0.1, -0.05) is 36.4 Å². The van der Waals surface area contributed by atoms with E-state index in [4.69, 9.17) is 5.73 Å². The zero-order valence-electron chi connectivity index (χ0n) is 16.8. The molecule has 5 rings (SSSR count). The molecule has 152 valence electrons. The molecule has 0 radical (unpaired) electrons. The van der Waals surface area contributed by atoms with E-state index in [0.29, 0.717) is 22.3 Å². The van der Waals surface area contributed by atoms with E-state index in [0.717, 1.165) is 27.8 Å². The van der Waals surface area contributed by atoms with Crippen molar-refractivity contribution in [3.63, 3.8) is 0 Å². The monoisotopic (exact) mass is 409 g/mol. The van der Waals surface area contributed by atoms with Gasteiger partial charge in [0, 0.05) is 29.8 Å². The first-order chi connectivity index (χ1) is 14.9. The number of nitrogens with two attached hydrogens (primary N) is 1. The van der Waals surface area contributed by atoms with Gasteiger partial charge in [-0.05, 0) is 41.0 Å². The van der Waals surface area contributed by atoms with Crippen LogP contribution in [0.15, 0.2) is 71.5 Å². The van der Waals surface area contributed by atoms with Gasteiger partial charge >= 0.3 is 0 Å². The van der Waals surface area contributed by atoms with Crippen LogP contribution in [0.2, 0.25) is 0 Å². The van der Waals surface area contributed by atoms with E-state index in [2.05, 4.69) is 5.32 Å². The number of anilines is 2. The van der Waals surface area contributed by atoms with Gasteiger partial charge in [0.1, 0.15) is 0 Å². The zero-order valence-corrected chi connectivity index (χ0v) is 16.8. The lowest BCUT2D eigenvalue weighted by molar-refractivity contribution is -0.117. The zero-order chi connectivity index (χ0) is 21.7. The maximum Gasteiger partial charge on any atom is 0.251 e. The number of benzene rings is 3. The van der Waals surface area contributed by atoms with E-state index in [-0.39, 0.29) is 23.7 Å². The Morgan fingerprint density at radius 1 is 0.935 bits per heavy atom. The normalized spacial score (nSPS) is 12.0. The summed E-state index contributed by atoms with van der Waals surface area (Å²) >= 11 is 0. The Bertz CT molecular complexity index is 1450. The third kappa shape index (κ3) is 3.00. The van der Waals surface area contributed by atoms with Crippen LogP contribution in [0.1, 0.15) is 21.5 Å². The van der Waals surface area contributed by atoms with Crippen LogP contribution in [0.3, 0.4) is 0 Å². The molecule has 3 aromatic carbocycles. The number of fused-ring (bicyclic) bond motifs is 2. The summed E-state index contributed by atoms with van der Waals surface area (Å²) in [6, 6.07) is 20.0. The van der Waals surface area contributed by atoms with Gasteiger partial charge in [0.15, 0.2) is 5.78 Å². The standard InChI is InChI=1S/C25H19N3O3/c1-28-20-11-10-19(27-15-8-6-14(7-9-15)12-21(26)29)24-23(20)18(13-22(28)30)16-4-2-3-5-17(16)25(24)31/h2-11,13,27H,12H2,1H3,(H2,26,29). The molecule has 31 heavy (non-hydrogen) atoms. The Morgan fingerprint density at radius 2 is 1.65 bits per heavy atom. The third-order valence-electron chi connectivity index (χ3n) is 5.71. The van der Waals surface area contributed by atoms with Crippen molar-refractivity contribution in [2.24, 2.45) is 12.8 Å². The molecule has 1 aliphatic carbocycles. The summed E-state index contributed by atoms with van der Waals surface area (Å²) in [4.78, 5) is 37.2. The second-order valence-corrected chi connectivity index (χ2v) is 7.68. The van der Waals surface area contributed by atoms with E-state index in [1.54, 1.807) is 23.7 Å². The van der Waals surface area contributed by atoms with Crippen LogP contribution in [0, 0.1) is 0 Å². The number of aryl methyl sites for hydroxylation is 1. The summed E-state index contributed by atoms with van der Waals surface area (Å²) in [6.07, 6.45) is 0.175. The molecular weight excluding hydrogens is 390 g/mol. The fourth-order valence-electron chi connectivity index (χ4n) is 4.22. The molecule has 6 nitrogen and oxygen atoms in total. The molecule has 6 heteroatoms. The lowest BCUT2D eigenvalue weighted by Crippen LogP contribution is -2.21. The first-order valence-electron chi connectivity index (χ1n) is 9.89. The number of ketones is 1. The highest BCUT2D eigenvalue weighted by molar-refractivity contribution is 6.28. The molecule has 0 aliphatic heterocycles. The molecule has 0 saturated heterocycles. The summed E-state index contributed by atoms with van der Waals surface area (Å²) in [5.74, 6) is -0.470. The molecule has 4 aromatic rings. The van der Waals surface area contributed by atoms with Gasteiger partial charge in [0.25, 0.3) is 5.56 Å². The number of hydrogen-bond acceptors (Lipinski definition) is 4. The molecule has 1 aromatic heterocycles. The molecule has 0 saturated carbocycles. The predicted octanol–water partition coefficient (Wildman–Crippen LogP) is 3.52. The largest absolute Gasteiger partial charge is 0.369 e.